The van der Waals surface area contributed by atoms with Crippen LogP contribution in [0.2, 0.25) is 0 Å². The maximum absolute atomic E-state index is 9.86. The minimum atomic E-state index is -0.240. The van der Waals surface area contributed by atoms with Gasteiger partial charge in [0.2, 0.25) is 0 Å². The van der Waals surface area contributed by atoms with Crippen LogP contribution in [0.25, 0.3) is 0 Å². The van der Waals surface area contributed by atoms with Gasteiger partial charge in [-0.05, 0) is 30.6 Å². The van der Waals surface area contributed by atoms with Crippen molar-refractivity contribution in [2.24, 2.45) is 17.3 Å². The molecule has 3 rings (SSSR count). The van der Waals surface area contributed by atoms with Crippen LogP contribution in [0.15, 0.2) is 24.3 Å². The van der Waals surface area contributed by atoms with Gasteiger partial charge in [-0.1, -0.05) is 30.7 Å². The molecule has 3 aliphatic carbocycles. The van der Waals surface area contributed by atoms with Crippen molar-refractivity contribution in [1.29, 1.82) is 0 Å². The van der Waals surface area contributed by atoms with Gasteiger partial charge >= 0.3 is 0 Å². The lowest BCUT2D eigenvalue weighted by Crippen LogP contribution is -2.53. The van der Waals surface area contributed by atoms with Gasteiger partial charge < -0.3 is 5.11 Å². The van der Waals surface area contributed by atoms with Crippen molar-refractivity contribution in [2.45, 2.75) is 31.8 Å². The Kier molecular flexibility index (Phi) is 1.36. The predicted molar refractivity (Wildman–Crippen MR) is 52.2 cm³/mol. The van der Waals surface area contributed by atoms with Crippen molar-refractivity contribution < 1.29 is 5.11 Å². The molecule has 70 valence electrons. The van der Waals surface area contributed by atoms with Crippen LogP contribution in [-0.2, 0) is 0 Å². The SMILES string of the molecule is C=C1[C@H]2CCC[C@]23CC=C[C@H](O)[C@H]13. The molecule has 0 aromatic rings. The van der Waals surface area contributed by atoms with Gasteiger partial charge in [-0.3, -0.25) is 0 Å². The highest BCUT2D eigenvalue weighted by Gasteiger charge is 2.61. The molecular formula is C12H16O. The van der Waals surface area contributed by atoms with Gasteiger partial charge in [0.15, 0.2) is 0 Å². The van der Waals surface area contributed by atoms with Crippen LogP contribution in [0, 0.1) is 17.3 Å². The van der Waals surface area contributed by atoms with E-state index >= 15 is 0 Å². The highest BCUT2D eigenvalue weighted by Crippen LogP contribution is 2.67. The number of hydrogen-bond donors (Lipinski definition) is 1. The van der Waals surface area contributed by atoms with Gasteiger partial charge in [-0.25, -0.2) is 0 Å². The summed E-state index contributed by atoms with van der Waals surface area (Å²) in [6.45, 7) is 4.14. The summed E-state index contributed by atoms with van der Waals surface area (Å²) < 4.78 is 0. The minimum absolute atomic E-state index is 0.240. The van der Waals surface area contributed by atoms with E-state index in [4.69, 9.17) is 0 Å². The van der Waals surface area contributed by atoms with Crippen LogP contribution in [0.1, 0.15) is 25.7 Å². The monoisotopic (exact) mass is 176 g/mol. The average Bonchev–Trinajstić information content (AvgIpc) is 2.43. The molecule has 0 bridgehead atoms. The quantitative estimate of drug-likeness (QED) is 0.561. The predicted octanol–water partition coefficient (Wildman–Crippen LogP) is 2.28. The van der Waals surface area contributed by atoms with E-state index in [1.807, 2.05) is 6.08 Å². The second-order valence-electron chi connectivity index (χ2n) is 4.85. The zero-order valence-electron chi connectivity index (χ0n) is 7.87. The second kappa shape index (κ2) is 2.27. The Morgan fingerprint density at radius 3 is 3.23 bits per heavy atom. The first-order chi connectivity index (χ1) is 6.26. The summed E-state index contributed by atoms with van der Waals surface area (Å²) >= 11 is 0. The van der Waals surface area contributed by atoms with Gasteiger partial charge in [0.25, 0.3) is 0 Å². The Morgan fingerprint density at radius 1 is 1.54 bits per heavy atom. The molecule has 0 unspecified atom stereocenters. The molecule has 0 heterocycles. The molecule has 2 fully saturated rings. The Hall–Kier alpha value is -0.560. The lowest BCUT2D eigenvalue weighted by atomic mass is 9.47. The molecule has 0 radical (unpaired) electrons. The fourth-order valence-electron chi connectivity index (χ4n) is 3.98. The zero-order chi connectivity index (χ0) is 9.05. The van der Waals surface area contributed by atoms with E-state index < -0.39 is 0 Å². The Balaban J connectivity index is 2.02. The number of hydrogen-bond acceptors (Lipinski definition) is 1. The molecule has 1 nitrogen and oxygen atoms in total. The minimum Gasteiger partial charge on any atom is -0.388 e. The molecule has 3 aliphatic rings. The van der Waals surface area contributed by atoms with Gasteiger partial charge in [0, 0.05) is 5.92 Å². The summed E-state index contributed by atoms with van der Waals surface area (Å²) in [5, 5.41) is 9.86. The van der Waals surface area contributed by atoms with Crippen LogP contribution in [-0.4, -0.2) is 11.2 Å². The lowest BCUT2D eigenvalue weighted by Gasteiger charge is -2.57. The Morgan fingerprint density at radius 2 is 2.38 bits per heavy atom. The molecule has 2 saturated carbocycles. The number of aliphatic hydroxyl groups is 1. The van der Waals surface area contributed by atoms with Crippen molar-refractivity contribution in [2.75, 3.05) is 0 Å². The summed E-state index contributed by atoms with van der Waals surface area (Å²) in [7, 11) is 0. The highest BCUT2D eigenvalue weighted by molar-refractivity contribution is 5.34. The van der Waals surface area contributed by atoms with Crippen LogP contribution >= 0.6 is 0 Å². The van der Waals surface area contributed by atoms with Crippen molar-refractivity contribution >= 4 is 0 Å². The lowest BCUT2D eigenvalue weighted by molar-refractivity contribution is -0.0270. The van der Waals surface area contributed by atoms with E-state index in [0.29, 0.717) is 11.3 Å². The van der Waals surface area contributed by atoms with Crippen molar-refractivity contribution in [3.8, 4) is 0 Å². The Bertz CT molecular complexity index is 291. The molecule has 4 atom stereocenters. The molecule has 1 N–H and O–H groups in total. The van der Waals surface area contributed by atoms with Crippen LogP contribution < -0.4 is 0 Å². The first-order valence-electron chi connectivity index (χ1n) is 5.29. The molecule has 1 heteroatoms. The smallest absolute Gasteiger partial charge is 0.0791 e. The van der Waals surface area contributed by atoms with Crippen LogP contribution in [0.4, 0.5) is 0 Å². The summed E-state index contributed by atoms with van der Waals surface area (Å²) in [6, 6.07) is 0. The third kappa shape index (κ3) is 0.727. The fraction of sp³-hybridized carbons (Fsp3) is 0.667. The molecule has 0 amide bonds. The molecule has 0 saturated heterocycles. The summed E-state index contributed by atoms with van der Waals surface area (Å²) in [5.41, 5.74) is 1.76. The largest absolute Gasteiger partial charge is 0.388 e. The van der Waals surface area contributed by atoms with Gasteiger partial charge in [-0.15, -0.1) is 0 Å². The molecule has 0 aromatic heterocycles. The molecule has 0 aliphatic heterocycles. The van der Waals surface area contributed by atoms with E-state index in [0.717, 1.165) is 5.92 Å². The van der Waals surface area contributed by atoms with E-state index in [9.17, 15) is 5.11 Å². The number of rotatable bonds is 0. The summed E-state index contributed by atoms with van der Waals surface area (Å²) in [6.07, 6.45) is 9.02. The van der Waals surface area contributed by atoms with Gasteiger partial charge in [-0.2, -0.15) is 0 Å². The van der Waals surface area contributed by atoms with E-state index in [1.165, 1.54) is 31.3 Å². The first kappa shape index (κ1) is 7.81. The average molecular weight is 176 g/mol. The van der Waals surface area contributed by atoms with Gasteiger partial charge in [0.1, 0.15) is 0 Å². The van der Waals surface area contributed by atoms with Crippen LogP contribution in [0.5, 0.6) is 0 Å². The maximum atomic E-state index is 9.86. The molecule has 13 heavy (non-hydrogen) atoms. The van der Waals surface area contributed by atoms with E-state index in [-0.39, 0.29) is 6.10 Å². The second-order valence-corrected chi connectivity index (χ2v) is 4.85. The third-order valence-electron chi connectivity index (χ3n) is 4.47. The molecular weight excluding hydrogens is 160 g/mol. The number of allylic oxidation sites excluding steroid dienone is 1. The van der Waals surface area contributed by atoms with Crippen molar-refractivity contribution in [3.63, 3.8) is 0 Å². The fourth-order valence-corrected chi connectivity index (χ4v) is 3.98. The zero-order valence-corrected chi connectivity index (χ0v) is 7.87. The van der Waals surface area contributed by atoms with Crippen LogP contribution in [0.3, 0.4) is 0 Å². The van der Waals surface area contributed by atoms with Crippen molar-refractivity contribution in [3.05, 3.63) is 24.3 Å². The standard InChI is InChI=1S/C12H16O/c1-8-9-4-2-6-12(9)7-3-5-10(13)11(8)12/h3,5,9-11,13H,1-2,4,6-7H2/t9-,10+,11+,12+/m1/s1. The van der Waals surface area contributed by atoms with E-state index in [1.54, 1.807) is 0 Å². The summed E-state index contributed by atoms with van der Waals surface area (Å²) in [4.78, 5) is 0. The topological polar surface area (TPSA) is 20.2 Å². The first-order valence-corrected chi connectivity index (χ1v) is 5.29. The normalized spacial score (nSPS) is 52.7. The number of aliphatic hydroxyl groups excluding tert-OH is 1. The highest BCUT2D eigenvalue weighted by atomic mass is 16.3. The maximum Gasteiger partial charge on any atom is 0.0791 e. The third-order valence-corrected chi connectivity index (χ3v) is 4.47. The molecule has 1 spiro atoms. The van der Waals surface area contributed by atoms with E-state index in [2.05, 4.69) is 12.7 Å². The summed E-state index contributed by atoms with van der Waals surface area (Å²) in [5.74, 6) is 1.13. The molecule has 0 aromatic carbocycles. The van der Waals surface area contributed by atoms with Crippen molar-refractivity contribution in [1.82, 2.24) is 0 Å². The van der Waals surface area contributed by atoms with Gasteiger partial charge in [0.05, 0.1) is 6.10 Å². The Labute approximate surface area is 79.2 Å².